The van der Waals surface area contributed by atoms with Crippen LogP contribution in [0.25, 0.3) is 22.3 Å². The van der Waals surface area contributed by atoms with E-state index in [1.807, 2.05) is 12.1 Å². The minimum atomic E-state index is -0.599. The maximum Gasteiger partial charge on any atom is 0.193 e. The molecule has 1 aliphatic heterocycles. The van der Waals surface area contributed by atoms with Crippen molar-refractivity contribution in [3.8, 4) is 17.1 Å². The van der Waals surface area contributed by atoms with Crippen molar-refractivity contribution >= 4 is 38.5 Å². The van der Waals surface area contributed by atoms with Gasteiger partial charge in [0.25, 0.3) is 0 Å². The normalized spacial score (nSPS) is 15.7. The molecule has 7 heteroatoms. The highest BCUT2D eigenvalue weighted by Crippen LogP contribution is 2.34. The molecule has 1 aliphatic rings. The molecule has 0 radical (unpaired) electrons. The number of β-amino-alcohol motifs (C(OH)–C–C–N with tert-alkyl or cyclic N) is 1. The minimum absolute atomic E-state index is 0.151. The second kappa shape index (κ2) is 8.88. The van der Waals surface area contributed by atoms with E-state index in [1.165, 1.54) is 18.9 Å². The largest absolute Gasteiger partial charge is 0.490 e. The van der Waals surface area contributed by atoms with E-state index in [1.54, 1.807) is 24.3 Å². The number of hydrogen-bond acceptors (Lipinski definition) is 5. The first kappa shape index (κ1) is 20.4. The molecule has 3 aromatic rings. The Hall–Kier alpha value is -1.86. The number of rotatable bonds is 6. The molecule has 0 spiro atoms. The van der Waals surface area contributed by atoms with E-state index in [9.17, 15) is 9.90 Å². The molecule has 1 atom stereocenters. The summed E-state index contributed by atoms with van der Waals surface area (Å²) in [5.41, 5.74) is 0.798. The first-order valence-corrected chi connectivity index (χ1v) is 10.7. The van der Waals surface area contributed by atoms with E-state index < -0.39 is 6.10 Å². The van der Waals surface area contributed by atoms with Gasteiger partial charge in [-0.05, 0) is 56.3 Å². The lowest BCUT2D eigenvalue weighted by atomic mass is 10.1. The van der Waals surface area contributed by atoms with Gasteiger partial charge in [-0.25, -0.2) is 0 Å². The average Bonchev–Trinajstić information content (AvgIpc) is 3.20. The lowest BCUT2D eigenvalue weighted by Gasteiger charge is -2.20. The summed E-state index contributed by atoms with van der Waals surface area (Å²) in [5.74, 6) is 0.890. The third-order valence-corrected chi connectivity index (χ3v) is 5.81. The highest BCUT2D eigenvalue weighted by Gasteiger charge is 2.18. The third-order valence-electron chi connectivity index (χ3n) is 5.01. The van der Waals surface area contributed by atoms with E-state index >= 15 is 0 Å². The van der Waals surface area contributed by atoms with E-state index in [2.05, 4.69) is 20.8 Å². The maximum atomic E-state index is 12.5. The van der Waals surface area contributed by atoms with Gasteiger partial charge < -0.3 is 19.2 Å². The fourth-order valence-electron chi connectivity index (χ4n) is 3.60. The van der Waals surface area contributed by atoms with E-state index in [0.29, 0.717) is 39.6 Å². The van der Waals surface area contributed by atoms with Crippen LogP contribution >= 0.6 is 27.5 Å². The molecule has 0 aliphatic carbocycles. The molecule has 0 amide bonds. The summed E-state index contributed by atoms with van der Waals surface area (Å²) in [7, 11) is 0. The Kier molecular flexibility index (Phi) is 6.25. The number of fused-ring (bicyclic) bond motifs is 1. The SMILES string of the molecule is O=c1cc(-c2ccc(Br)cc2OCC(O)CN2CCCC2)oc2c(Cl)cccc12. The first-order valence-electron chi connectivity index (χ1n) is 9.57. The quantitative estimate of drug-likeness (QED) is 0.556. The van der Waals surface area contributed by atoms with Gasteiger partial charge in [0.15, 0.2) is 11.0 Å². The highest BCUT2D eigenvalue weighted by molar-refractivity contribution is 9.10. The fraction of sp³-hybridized carbons (Fsp3) is 0.318. The number of ether oxygens (including phenoxy) is 1. The average molecular weight is 479 g/mol. The van der Waals surface area contributed by atoms with Crippen LogP contribution in [0.1, 0.15) is 12.8 Å². The molecule has 152 valence electrons. The number of benzene rings is 2. The molecular weight excluding hydrogens is 458 g/mol. The van der Waals surface area contributed by atoms with Crippen LogP contribution in [0, 0.1) is 0 Å². The summed E-state index contributed by atoms with van der Waals surface area (Å²) >= 11 is 9.68. The zero-order valence-corrected chi connectivity index (χ0v) is 18.1. The van der Waals surface area contributed by atoms with Crippen molar-refractivity contribution in [2.45, 2.75) is 18.9 Å². The van der Waals surface area contributed by atoms with Gasteiger partial charge in [0.05, 0.1) is 16.0 Å². The first-order chi connectivity index (χ1) is 14.0. The maximum absolute atomic E-state index is 12.5. The van der Waals surface area contributed by atoms with E-state index in [0.717, 1.165) is 17.6 Å². The van der Waals surface area contributed by atoms with Crippen molar-refractivity contribution < 1.29 is 14.3 Å². The van der Waals surface area contributed by atoms with E-state index in [4.69, 9.17) is 20.8 Å². The van der Waals surface area contributed by atoms with Crippen molar-refractivity contribution in [3.05, 3.63) is 62.2 Å². The number of likely N-dealkylation sites (tertiary alicyclic amines) is 1. The monoisotopic (exact) mass is 477 g/mol. The Bertz CT molecular complexity index is 1080. The zero-order chi connectivity index (χ0) is 20.4. The molecule has 2 heterocycles. The second-order valence-corrected chi connectivity index (χ2v) is 8.53. The van der Waals surface area contributed by atoms with Gasteiger partial charge in [0.2, 0.25) is 0 Å². The number of nitrogens with zero attached hydrogens (tertiary/aromatic N) is 1. The lowest BCUT2D eigenvalue weighted by Crippen LogP contribution is -2.33. The van der Waals surface area contributed by atoms with Gasteiger partial charge in [0.1, 0.15) is 24.2 Å². The molecule has 2 aromatic carbocycles. The predicted octanol–water partition coefficient (Wildman–Crippen LogP) is 4.71. The van der Waals surface area contributed by atoms with Gasteiger partial charge in [-0.3, -0.25) is 4.79 Å². The summed E-state index contributed by atoms with van der Waals surface area (Å²) < 4.78 is 12.7. The van der Waals surface area contributed by atoms with Crippen LogP contribution in [0.2, 0.25) is 5.02 Å². The Morgan fingerprint density at radius 1 is 1.21 bits per heavy atom. The van der Waals surface area contributed by atoms with Gasteiger partial charge >= 0.3 is 0 Å². The van der Waals surface area contributed by atoms with Crippen molar-refractivity contribution in [1.29, 1.82) is 0 Å². The van der Waals surface area contributed by atoms with Crippen molar-refractivity contribution in [1.82, 2.24) is 4.90 Å². The van der Waals surface area contributed by atoms with Crippen molar-refractivity contribution in [2.24, 2.45) is 0 Å². The Morgan fingerprint density at radius 3 is 2.79 bits per heavy atom. The third kappa shape index (κ3) is 4.67. The van der Waals surface area contributed by atoms with Crippen molar-refractivity contribution in [3.63, 3.8) is 0 Å². The number of hydrogen-bond donors (Lipinski definition) is 1. The molecule has 1 fully saturated rings. The molecule has 4 rings (SSSR count). The summed E-state index contributed by atoms with van der Waals surface area (Å²) in [5, 5.41) is 11.2. The number of aliphatic hydroxyl groups is 1. The van der Waals surface area contributed by atoms with Crippen LogP contribution in [0.3, 0.4) is 0 Å². The number of aliphatic hydroxyl groups excluding tert-OH is 1. The molecule has 5 nitrogen and oxygen atoms in total. The summed E-state index contributed by atoms with van der Waals surface area (Å²) in [6, 6.07) is 12.0. The van der Waals surface area contributed by atoms with Crippen LogP contribution in [-0.4, -0.2) is 42.4 Å². The van der Waals surface area contributed by atoms with Crippen LogP contribution in [0.4, 0.5) is 0 Å². The molecular formula is C22H21BrClNO4. The zero-order valence-electron chi connectivity index (χ0n) is 15.7. The Labute approximate surface area is 182 Å². The predicted molar refractivity (Wildman–Crippen MR) is 118 cm³/mol. The summed E-state index contributed by atoms with van der Waals surface area (Å²) in [4.78, 5) is 14.8. The van der Waals surface area contributed by atoms with Gasteiger partial charge in [-0.1, -0.05) is 33.6 Å². The van der Waals surface area contributed by atoms with Crippen molar-refractivity contribution in [2.75, 3.05) is 26.2 Å². The number of para-hydroxylation sites is 1. The van der Waals surface area contributed by atoms with Gasteiger partial charge in [-0.2, -0.15) is 0 Å². The lowest BCUT2D eigenvalue weighted by molar-refractivity contribution is 0.0760. The van der Waals surface area contributed by atoms with Gasteiger partial charge in [-0.15, -0.1) is 0 Å². The highest BCUT2D eigenvalue weighted by atomic mass is 79.9. The van der Waals surface area contributed by atoms with Crippen LogP contribution in [-0.2, 0) is 0 Å². The molecule has 1 N–H and O–H groups in total. The molecule has 0 saturated carbocycles. The number of halogens is 2. The Morgan fingerprint density at radius 2 is 2.00 bits per heavy atom. The van der Waals surface area contributed by atoms with Crippen LogP contribution < -0.4 is 10.2 Å². The summed E-state index contributed by atoms with van der Waals surface area (Å²) in [6.07, 6.45) is 1.75. The fourth-order valence-corrected chi connectivity index (χ4v) is 4.15. The molecule has 1 aromatic heterocycles. The second-order valence-electron chi connectivity index (χ2n) is 7.20. The van der Waals surface area contributed by atoms with Gasteiger partial charge in [0, 0.05) is 17.1 Å². The Balaban J connectivity index is 1.62. The van der Waals surface area contributed by atoms with Crippen LogP contribution in [0.5, 0.6) is 5.75 Å². The summed E-state index contributed by atoms with van der Waals surface area (Å²) in [6.45, 7) is 2.77. The molecule has 1 unspecified atom stereocenters. The standard InChI is InChI=1S/C22H21BrClNO4/c23-14-6-7-17(20(10-14)28-13-15(26)12-25-8-1-2-9-25)21-11-19(27)16-4-3-5-18(24)22(16)29-21/h3-7,10-11,15,26H,1-2,8-9,12-13H2. The molecule has 1 saturated heterocycles. The smallest absolute Gasteiger partial charge is 0.193 e. The van der Waals surface area contributed by atoms with E-state index in [-0.39, 0.29) is 12.0 Å². The minimum Gasteiger partial charge on any atom is -0.490 e. The van der Waals surface area contributed by atoms with Crippen LogP contribution in [0.15, 0.2) is 56.1 Å². The molecule has 29 heavy (non-hydrogen) atoms. The molecule has 0 bridgehead atoms. The topological polar surface area (TPSA) is 62.9 Å².